The third-order valence-electron chi connectivity index (χ3n) is 3.01. The normalized spacial score (nSPS) is 12.0. The Morgan fingerprint density at radius 2 is 1.77 bits per heavy atom. The SMILES string of the molecule is CCNS(=O)(=O)c1ccc(NS(C)(=O)=O)c(Oc2ccc(Cl)cc2Br)c1. The number of rotatable bonds is 7. The number of ether oxygens (including phenoxy) is 1. The topological polar surface area (TPSA) is 102 Å². The zero-order valence-corrected chi connectivity index (χ0v) is 17.8. The highest BCUT2D eigenvalue weighted by Gasteiger charge is 2.18. The number of nitrogens with one attached hydrogen (secondary N) is 2. The van der Waals surface area contributed by atoms with E-state index in [1.165, 1.54) is 18.2 Å². The lowest BCUT2D eigenvalue weighted by Crippen LogP contribution is -2.23. The average molecular weight is 484 g/mol. The van der Waals surface area contributed by atoms with E-state index in [0.29, 0.717) is 15.2 Å². The minimum absolute atomic E-state index is 0.0254. The molecule has 0 aliphatic rings. The molecule has 0 radical (unpaired) electrons. The van der Waals surface area contributed by atoms with Crippen molar-refractivity contribution in [1.82, 2.24) is 4.72 Å². The predicted octanol–water partition coefficient (Wildman–Crippen LogP) is 3.56. The van der Waals surface area contributed by atoms with E-state index in [9.17, 15) is 16.8 Å². The lowest BCUT2D eigenvalue weighted by atomic mass is 10.3. The molecule has 0 aliphatic carbocycles. The second kappa shape index (κ2) is 8.13. The molecule has 2 aromatic rings. The molecule has 0 heterocycles. The number of halogens is 2. The zero-order chi connectivity index (χ0) is 19.5. The first-order valence-corrected chi connectivity index (χ1v) is 11.8. The molecule has 0 bridgehead atoms. The second-order valence-electron chi connectivity index (χ2n) is 5.21. The van der Waals surface area contributed by atoms with Crippen molar-refractivity contribution in [1.29, 1.82) is 0 Å². The molecule has 0 saturated heterocycles. The van der Waals surface area contributed by atoms with Gasteiger partial charge in [0.05, 0.1) is 21.3 Å². The molecule has 2 N–H and O–H groups in total. The standard InChI is InChI=1S/C15H16BrClN2O5S2/c1-3-18-26(22,23)11-5-6-13(19-25(2,20)21)15(9-11)24-14-7-4-10(17)8-12(14)16/h4-9,18-19H,3H2,1-2H3. The fourth-order valence-corrected chi connectivity index (χ4v) is 4.38. The monoisotopic (exact) mass is 482 g/mol. The quantitative estimate of drug-likeness (QED) is 0.627. The van der Waals surface area contributed by atoms with Crippen LogP contribution in [-0.2, 0) is 20.0 Å². The Kier molecular flexibility index (Phi) is 6.56. The average Bonchev–Trinajstić information content (AvgIpc) is 2.50. The Morgan fingerprint density at radius 1 is 1.08 bits per heavy atom. The third kappa shape index (κ3) is 5.58. The van der Waals surface area contributed by atoms with Crippen LogP contribution in [0.1, 0.15) is 6.92 Å². The highest BCUT2D eigenvalue weighted by Crippen LogP contribution is 2.36. The van der Waals surface area contributed by atoms with Gasteiger partial charge in [-0.25, -0.2) is 21.6 Å². The van der Waals surface area contributed by atoms with E-state index in [-0.39, 0.29) is 22.9 Å². The van der Waals surface area contributed by atoms with Crippen molar-refractivity contribution in [2.24, 2.45) is 0 Å². The maximum absolute atomic E-state index is 12.2. The second-order valence-corrected chi connectivity index (χ2v) is 10.0. The summed E-state index contributed by atoms with van der Waals surface area (Å²) in [6.07, 6.45) is 0.984. The lowest BCUT2D eigenvalue weighted by molar-refractivity contribution is 0.479. The summed E-state index contributed by atoms with van der Waals surface area (Å²) in [6, 6.07) is 8.61. The molecule has 0 saturated carbocycles. The van der Waals surface area contributed by atoms with Crippen LogP contribution in [0.4, 0.5) is 5.69 Å². The Labute approximate surface area is 165 Å². The molecule has 2 aromatic carbocycles. The van der Waals surface area contributed by atoms with Gasteiger partial charge in [0, 0.05) is 17.6 Å². The summed E-state index contributed by atoms with van der Waals surface area (Å²) < 4.78 is 58.5. The summed E-state index contributed by atoms with van der Waals surface area (Å²) in [5.74, 6) is 0.362. The first kappa shape index (κ1) is 21.0. The van der Waals surface area contributed by atoms with Crippen LogP contribution in [0.15, 0.2) is 45.8 Å². The van der Waals surface area contributed by atoms with E-state index < -0.39 is 20.0 Å². The van der Waals surface area contributed by atoms with E-state index >= 15 is 0 Å². The molecule has 26 heavy (non-hydrogen) atoms. The van der Waals surface area contributed by atoms with Crippen LogP contribution >= 0.6 is 27.5 Å². The van der Waals surface area contributed by atoms with Gasteiger partial charge in [0.1, 0.15) is 5.75 Å². The van der Waals surface area contributed by atoms with Crippen molar-refractivity contribution in [3.05, 3.63) is 45.9 Å². The summed E-state index contributed by atoms with van der Waals surface area (Å²) >= 11 is 9.19. The molecule has 11 heteroatoms. The van der Waals surface area contributed by atoms with Gasteiger partial charge in [0.15, 0.2) is 5.75 Å². The van der Waals surface area contributed by atoms with Crippen LogP contribution in [0.2, 0.25) is 5.02 Å². The van der Waals surface area contributed by atoms with Gasteiger partial charge in [-0.1, -0.05) is 18.5 Å². The van der Waals surface area contributed by atoms with Crippen molar-refractivity contribution in [2.75, 3.05) is 17.5 Å². The highest BCUT2D eigenvalue weighted by molar-refractivity contribution is 9.10. The summed E-state index contributed by atoms with van der Waals surface area (Å²) in [5.41, 5.74) is 0.102. The minimum atomic E-state index is -3.74. The van der Waals surface area contributed by atoms with E-state index in [1.807, 2.05) is 0 Å². The Hall–Kier alpha value is -1.33. The van der Waals surface area contributed by atoms with Gasteiger partial charge in [-0.15, -0.1) is 0 Å². The first-order chi connectivity index (χ1) is 12.0. The number of benzene rings is 2. The molecule has 2 rings (SSSR count). The molecule has 0 atom stereocenters. The van der Waals surface area contributed by atoms with E-state index in [0.717, 1.165) is 6.26 Å². The van der Waals surface area contributed by atoms with Crippen molar-refractivity contribution in [3.63, 3.8) is 0 Å². The van der Waals surface area contributed by atoms with Crippen molar-refractivity contribution in [2.45, 2.75) is 11.8 Å². The van der Waals surface area contributed by atoms with Crippen LogP contribution in [0.25, 0.3) is 0 Å². The zero-order valence-electron chi connectivity index (χ0n) is 13.8. The predicted molar refractivity (Wildman–Crippen MR) is 105 cm³/mol. The van der Waals surface area contributed by atoms with E-state index in [1.54, 1.807) is 25.1 Å². The Balaban J connectivity index is 2.54. The summed E-state index contributed by atoms with van der Waals surface area (Å²) in [5, 5.41) is 0.474. The maximum atomic E-state index is 12.2. The number of anilines is 1. The van der Waals surface area contributed by atoms with Crippen LogP contribution in [0, 0.1) is 0 Å². The summed E-state index contributed by atoms with van der Waals surface area (Å²) in [7, 11) is -7.34. The van der Waals surface area contributed by atoms with Gasteiger partial charge < -0.3 is 4.74 Å². The van der Waals surface area contributed by atoms with Crippen molar-refractivity contribution in [3.8, 4) is 11.5 Å². The smallest absolute Gasteiger partial charge is 0.240 e. The summed E-state index contributed by atoms with van der Waals surface area (Å²) in [4.78, 5) is -0.0570. The minimum Gasteiger partial charge on any atom is -0.454 e. The largest absolute Gasteiger partial charge is 0.454 e. The first-order valence-electron chi connectivity index (χ1n) is 7.26. The molecule has 0 fully saturated rings. The molecule has 142 valence electrons. The maximum Gasteiger partial charge on any atom is 0.240 e. The number of hydrogen-bond donors (Lipinski definition) is 2. The Morgan fingerprint density at radius 3 is 2.35 bits per heavy atom. The van der Waals surface area contributed by atoms with E-state index in [2.05, 4.69) is 25.4 Å². The van der Waals surface area contributed by atoms with Crippen molar-refractivity contribution < 1.29 is 21.6 Å². The van der Waals surface area contributed by atoms with Gasteiger partial charge in [-0.2, -0.15) is 0 Å². The fourth-order valence-electron chi connectivity index (χ4n) is 1.99. The highest BCUT2D eigenvalue weighted by atomic mass is 79.9. The van der Waals surface area contributed by atoms with Crippen LogP contribution in [-0.4, -0.2) is 29.6 Å². The van der Waals surface area contributed by atoms with Crippen LogP contribution in [0.5, 0.6) is 11.5 Å². The number of hydrogen-bond acceptors (Lipinski definition) is 5. The van der Waals surface area contributed by atoms with Gasteiger partial charge in [-0.05, 0) is 46.3 Å². The fraction of sp³-hybridized carbons (Fsp3) is 0.200. The van der Waals surface area contributed by atoms with Gasteiger partial charge >= 0.3 is 0 Å². The summed E-state index contributed by atoms with van der Waals surface area (Å²) in [6.45, 7) is 1.87. The third-order valence-corrected chi connectivity index (χ3v) is 6.00. The molecule has 0 aromatic heterocycles. The molecular formula is C15H16BrClN2O5S2. The van der Waals surface area contributed by atoms with E-state index in [4.69, 9.17) is 16.3 Å². The lowest BCUT2D eigenvalue weighted by Gasteiger charge is -2.15. The molecule has 0 unspecified atom stereocenters. The Bertz CT molecular complexity index is 1030. The molecule has 0 aliphatic heterocycles. The van der Waals surface area contributed by atoms with Crippen LogP contribution < -0.4 is 14.2 Å². The van der Waals surface area contributed by atoms with Gasteiger partial charge in [0.2, 0.25) is 20.0 Å². The molecule has 0 amide bonds. The molecular weight excluding hydrogens is 468 g/mol. The number of sulfonamides is 2. The molecule has 7 nitrogen and oxygen atoms in total. The van der Waals surface area contributed by atoms with Gasteiger partial charge in [-0.3, -0.25) is 4.72 Å². The van der Waals surface area contributed by atoms with Gasteiger partial charge in [0.25, 0.3) is 0 Å². The van der Waals surface area contributed by atoms with Crippen molar-refractivity contribution >= 4 is 53.3 Å². The molecule has 0 spiro atoms. The van der Waals surface area contributed by atoms with Crippen LogP contribution in [0.3, 0.4) is 0 Å².